The number of rotatable bonds is 2. The summed E-state index contributed by atoms with van der Waals surface area (Å²) < 4.78 is 2.82. The summed E-state index contributed by atoms with van der Waals surface area (Å²) in [6.07, 6.45) is 5.35. The predicted molar refractivity (Wildman–Crippen MR) is 131 cm³/mol. The van der Waals surface area contributed by atoms with Gasteiger partial charge in [-0.2, -0.15) is 0 Å². The SMILES string of the molecule is Cc1ncnc2c1ccn2[C@@H]1C[C@@]2(CC[C@H](c3ccc4cc(Br)c(Cl)nc4c3)C2)[C@@H](O)[C@H]1O. The Morgan fingerprint density at radius 3 is 2.85 bits per heavy atom. The average molecular weight is 528 g/mol. The molecule has 0 saturated heterocycles. The Morgan fingerprint density at radius 1 is 1.15 bits per heavy atom. The van der Waals surface area contributed by atoms with Gasteiger partial charge in [-0.05, 0) is 78.2 Å². The van der Waals surface area contributed by atoms with Gasteiger partial charge < -0.3 is 14.8 Å². The Morgan fingerprint density at radius 2 is 2.00 bits per heavy atom. The molecule has 170 valence electrons. The highest BCUT2D eigenvalue weighted by molar-refractivity contribution is 9.10. The molecule has 1 spiro atoms. The van der Waals surface area contributed by atoms with Crippen molar-refractivity contribution in [3.05, 3.63) is 63.7 Å². The maximum absolute atomic E-state index is 11.2. The molecule has 33 heavy (non-hydrogen) atoms. The van der Waals surface area contributed by atoms with E-state index in [1.54, 1.807) is 6.33 Å². The molecule has 0 aliphatic heterocycles. The van der Waals surface area contributed by atoms with Gasteiger partial charge in [-0.25, -0.2) is 15.0 Å². The van der Waals surface area contributed by atoms with Crippen molar-refractivity contribution in [2.24, 2.45) is 5.41 Å². The zero-order chi connectivity index (χ0) is 22.9. The third kappa shape index (κ3) is 3.32. The Labute approximate surface area is 204 Å². The van der Waals surface area contributed by atoms with Gasteiger partial charge in [0.05, 0.1) is 27.8 Å². The third-order valence-corrected chi connectivity index (χ3v) is 9.01. The number of aliphatic hydroxyl groups excluding tert-OH is 2. The lowest BCUT2D eigenvalue weighted by Gasteiger charge is -2.28. The highest BCUT2D eigenvalue weighted by Gasteiger charge is 2.56. The lowest BCUT2D eigenvalue weighted by atomic mass is 9.80. The molecule has 6 nitrogen and oxygen atoms in total. The minimum absolute atomic E-state index is 0.208. The van der Waals surface area contributed by atoms with Crippen LogP contribution in [0.5, 0.6) is 0 Å². The number of halogens is 2. The van der Waals surface area contributed by atoms with Gasteiger partial charge in [0.2, 0.25) is 0 Å². The van der Waals surface area contributed by atoms with Crippen molar-refractivity contribution >= 4 is 49.5 Å². The fourth-order valence-electron chi connectivity index (χ4n) is 6.14. The monoisotopic (exact) mass is 526 g/mol. The third-order valence-electron chi connectivity index (χ3n) is 7.89. The number of hydrogen-bond donors (Lipinski definition) is 2. The molecule has 2 aliphatic carbocycles. The second kappa shape index (κ2) is 7.73. The van der Waals surface area contributed by atoms with Crippen molar-refractivity contribution in [2.45, 2.75) is 56.8 Å². The molecule has 2 aliphatic rings. The van der Waals surface area contributed by atoms with Crippen LogP contribution >= 0.6 is 27.5 Å². The largest absolute Gasteiger partial charge is 0.390 e. The Hall–Kier alpha value is -2.06. The standard InChI is InChI=1S/C25H24BrClN4O2/c1-13-17-5-7-31(24(17)29-12-28-13)20-11-25(22(33)21(20)32)6-4-16(10-25)14-2-3-15-8-18(26)23(27)30-19(15)9-14/h2-3,5,7-9,12,16,20-22,32-33H,4,6,10-11H2,1H3/t16-,20+,21-,22-,25-/m0/s1. The maximum atomic E-state index is 11.2. The maximum Gasteiger partial charge on any atom is 0.143 e. The Kier molecular flexibility index (Phi) is 5.03. The topological polar surface area (TPSA) is 84.1 Å². The van der Waals surface area contributed by atoms with Crippen LogP contribution in [0.3, 0.4) is 0 Å². The van der Waals surface area contributed by atoms with Crippen LogP contribution in [0.15, 0.2) is 47.3 Å². The van der Waals surface area contributed by atoms with Crippen molar-refractivity contribution in [3.63, 3.8) is 0 Å². The molecular formula is C25H24BrClN4O2. The number of aryl methyl sites for hydroxylation is 1. The summed E-state index contributed by atoms with van der Waals surface area (Å²) >= 11 is 9.66. The molecule has 3 heterocycles. The number of hydrogen-bond acceptors (Lipinski definition) is 5. The second-order valence-corrected chi connectivity index (χ2v) is 10.9. The Balaban J connectivity index is 1.30. The minimum Gasteiger partial charge on any atom is -0.390 e. The molecular weight excluding hydrogens is 504 g/mol. The van der Waals surface area contributed by atoms with E-state index in [-0.39, 0.29) is 11.5 Å². The number of benzene rings is 1. The Bertz CT molecular complexity index is 1390. The van der Waals surface area contributed by atoms with Crippen molar-refractivity contribution in [1.29, 1.82) is 0 Å². The number of aliphatic hydroxyl groups is 2. The number of nitrogens with zero attached hydrogens (tertiary/aromatic N) is 4. The van der Waals surface area contributed by atoms with E-state index in [0.717, 1.165) is 57.8 Å². The number of pyridine rings is 1. The van der Waals surface area contributed by atoms with Crippen molar-refractivity contribution < 1.29 is 10.2 Å². The second-order valence-electron chi connectivity index (χ2n) is 9.64. The van der Waals surface area contributed by atoms with Crippen LogP contribution in [-0.2, 0) is 0 Å². The summed E-state index contributed by atoms with van der Waals surface area (Å²) in [5, 5.41) is 24.8. The molecule has 5 atom stereocenters. The van der Waals surface area contributed by atoms with Crippen LogP contribution in [-0.4, -0.2) is 41.9 Å². The summed E-state index contributed by atoms with van der Waals surface area (Å²) in [6.45, 7) is 1.96. The fourth-order valence-corrected chi connectivity index (χ4v) is 6.62. The first-order chi connectivity index (χ1) is 15.9. The van der Waals surface area contributed by atoms with Crippen molar-refractivity contribution in [3.8, 4) is 0 Å². The molecule has 3 aromatic heterocycles. The molecule has 2 N–H and O–H groups in total. The van der Waals surface area contributed by atoms with E-state index < -0.39 is 12.2 Å². The van der Waals surface area contributed by atoms with E-state index in [1.807, 2.05) is 29.8 Å². The first-order valence-corrected chi connectivity index (χ1v) is 12.4. The van der Waals surface area contributed by atoms with Gasteiger partial charge in [-0.3, -0.25) is 0 Å². The van der Waals surface area contributed by atoms with Gasteiger partial charge in [0.1, 0.15) is 23.2 Å². The summed E-state index contributed by atoms with van der Waals surface area (Å²) in [7, 11) is 0. The zero-order valence-electron chi connectivity index (χ0n) is 18.1. The van der Waals surface area contributed by atoms with Crippen LogP contribution < -0.4 is 0 Å². The zero-order valence-corrected chi connectivity index (χ0v) is 20.5. The van der Waals surface area contributed by atoms with Crippen LogP contribution in [0.1, 0.15) is 48.9 Å². The van der Waals surface area contributed by atoms with Gasteiger partial charge in [0.15, 0.2) is 0 Å². The van der Waals surface area contributed by atoms with E-state index in [9.17, 15) is 10.2 Å². The summed E-state index contributed by atoms with van der Waals surface area (Å²) in [5.74, 6) is 0.310. The molecule has 1 aromatic carbocycles. The van der Waals surface area contributed by atoms with Crippen LogP contribution in [0.2, 0.25) is 5.15 Å². The molecule has 0 amide bonds. The lowest BCUT2D eigenvalue weighted by Crippen LogP contribution is -2.35. The normalized spacial score (nSPS) is 29.6. The smallest absolute Gasteiger partial charge is 0.143 e. The summed E-state index contributed by atoms with van der Waals surface area (Å²) in [4.78, 5) is 13.3. The van der Waals surface area contributed by atoms with Crippen molar-refractivity contribution in [2.75, 3.05) is 0 Å². The molecule has 2 fully saturated rings. The van der Waals surface area contributed by atoms with E-state index in [0.29, 0.717) is 11.1 Å². The highest BCUT2D eigenvalue weighted by atomic mass is 79.9. The molecule has 0 unspecified atom stereocenters. The molecule has 4 aromatic rings. The molecule has 8 heteroatoms. The lowest BCUT2D eigenvalue weighted by molar-refractivity contribution is -0.0260. The van der Waals surface area contributed by atoms with Gasteiger partial charge in [0, 0.05) is 22.4 Å². The number of fused-ring (bicyclic) bond motifs is 2. The number of aromatic nitrogens is 4. The minimum atomic E-state index is -0.830. The van der Waals surface area contributed by atoms with Gasteiger partial charge in [0.25, 0.3) is 0 Å². The molecule has 0 radical (unpaired) electrons. The van der Waals surface area contributed by atoms with E-state index >= 15 is 0 Å². The van der Waals surface area contributed by atoms with E-state index in [4.69, 9.17) is 11.6 Å². The van der Waals surface area contributed by atoms with Gasteiger partial charge >= 0.3 is 0 Å². The fraction of sp³-hybridized carbons (Fsp3) is 0.400. The van der Waals surface area contributed by atoms with Crippen LogP contribution in [0.4, 0.5) is 0 Å². The first kappa shape index (κ1) is 21.5. The first-order valence-electron chi connectivity index (χ1n) is 11.3. The molecule has 2 saturated carbocycles. The van der Waals surface area contributed by atoms with Gasteiger partial charge in [-0.15, -0.1) is 0 Å². The van der Waals surface area contributed by atoms with Gasteiger partial charge in [-0.1, -0.05) is 23.7 Å². The van der Waals surface area contributed by atoms with E-state index in [2.05, 4.69) is 49.1 Å². The van der Waals surface area contributed by atoms with Crippen molar-refractivity contribution in [1.82, 2.24) is 19.5 Å². The summed E-state index contributed by atoms with van der Waals surface area (Å²) in [5.41, 5.74) is 3.51. The van der Waals surface area contributed by atoms with E-state index in [1.165, 1.54) is 5.56 Å². The molecule has 0 bridgehead atoms. The summed E-state index contributed by atoms with van der Waals surface area (Å²) in [6, 6.07) is 10.1. The highest BCUT2D eigenvalue weighted by Crippen LogP contribution is 2.58. The average Bonchev–Trinajstić information content (AvgIpc) is 3.48. The molecule has 6 rings (SSSR count). The van der Waals surface area contributed by atoms with Crippen LogP contribution in [0, 0.1) is 12.3 Å². The van der Waals surface area contributed by atoms with Crippen LogP contribution in [0.25, 0.3) is 21.9 Å². The predicted octanol–water partition coefficient (Wildman–Crippen LogP) is 5.32. The quantitative estimate of drug-likeness (QED) is 0.345.